The second-order valence-electron chi connectivity index (χ2n) is 9.55. The van der Waals surface area contributed by atoms with Crippen LogP contribution in [-0.2, 0) is 28.1 Å². The number of rotatable bonds is 12. The number of carbonyl (C=O) groups is 1. The zero-order valence-corrected chi connectivity index (χ0v) is 23.7. The fraction of sp³-hybridized carbons (Fsp3) is 0.345. The van der Waals surface area contributed by atoms with E-state index < -0.39 is 45.0 Å². The molecule has 0 unspecified atom stereocenters. The number of benzene rings is 3. The molecule has 6 nitrogen and oxygen atoms in total. The van der Waals surface area contributed by atoms with Gasteiger partial charge in [0.15, 0.2) is 0 Å². The number of halogens is 6. The second kappa shape index (κ2) is 13.5. The maximum atomic E-state index is 13.3. The molecule has 0 spiro atoms. The molecule has 42 heavy (non-hydrogen) atoms. The second-order valence-corrected chi connectivity index (χ2v) is 11.5. The number of hydrogen-bond donors (Lipinski definition) is 1. The number of nitrogens with one attached hydrogen (secondary N) is 1. The molecule has 1 N–H and O–H groups in total. The summed E-state index contributed by atoms with van der Waals surface area (Å²) >= 11 is 0. The number of anilines is 2. The number of alkyl halides is 6. The van der Waals surface area contributed by atoms with Crippen molar-refractivity contribution in [1.29, 1.82) is 0 Å². The molecule has 0 aromatic heterocycles. The van der Waals surface area contributed by atoms with E-state index in [4.69, 9.17) is 4.74 Å². The predicted molar refractivity (Wildman–Crippen MR) is 148 cm³/mol. The quantitative estimate of drug-likeness (QED) is 0.166. The van der Waals surface area contributed by atoms with Crippen molar-refractivity contribution in [1.82, 2.24) is 0 Å². The number of nitrogens with zero attached hydrogens (tertiary/aromatic N) is 1. The number of unbranched alkanes of at least 4 members (excludes halogenated alkanes) is 3. The van der Waals surface area contributed by atoms with Gasteiger partial charge in [0.25, 0.3) is 5.91 Å². The lowest BCUT2D eigenvalue weighted by atomic mass is 10.0. The van der Waals surface area contributed by atoms with Gasteiger partial charge in [0.1, 0.15) is 5.75 Å². The molecule has 13 heteroatoms. The maximum absolute atomic E-state index is 13.3. The molecule has 0 radical (unpaired) electrons. The average Bonchev–Trinajstić information content (AvgIpc) is 2.92. The number of amides is 1. The molecule has 0 atom stereocenters. The Kier molecular flexibility index (Phi) is 10.5. The summed E-state index contributed by atoms with van der Waals surface area (Å²) in [7, 11) is -2.56. The Hall–Kier alpha value is -3.74. The Morgan fingerprint density at radius 2 is 1.48 bits per heavy atom. The Bertz CT molecular complexity index is 1440. The normalized spacial score (nSPS) is 12.2. The van der Waals surface area contributed by atoms with Crippen LogP contribution in [-0.4, -0.2) is 28.0 Å². The molecule has 0 saturated heterocycles. The lowest BCUT2D eigenvalue weighted by molar-refractivity contribution is -0.143. The molecule has 3 aromatic rings. The first-order valence-corrected chi connectivity index (χ1v) is 14.6. The molecular formula is C29H30F6N2O4S. The highest BCUT2D eigenvalue weighted by Gasteiger charge is 2.37. The molecule has 0 aliphatic rings. The number of carbonyl (C=O) groups excluding carboxylic acids is 1. The number of hydrogen-bond acceptors (Lipinski definition) is 4. The third kappa shape index (κ3) is 8.88. The molecule has 0 saturated carbocycles. The van der Waals surface area contributed by atoms with Crippen LogP contribution >= 0.6 is 0 Å². The average molecular weight is 617 g/mol. The molecule has 0 heterocycles. The van der Waals surface area contributed by atoms with E-state index in [1.54, 1.807) is 30.3 Å². The summed E-state index contributed by atoms with van der Waals surface area (Å²) in [6.07, 6.45) is -6.82. The fourth-order valence-corrected chi connectivity index (χ4v) is 5.26. The molecular weight excluding hydrogens is 586 g/mol. The number of sulfonamides is 1. The van der Waals surface area contributed by atoms with E-state index in [0.29, 0.717) is 24.1 Å². The van der Waals surface area contributed by atoms with Crippen molar-refractivity contribution in [3.05, 3.63) is 89.0 Å². The van der Waals surface area contributed by atoms with Gasteiger partial charge in [0.05, 0.1) is 29.2 Å². The summed E-state index contributed by atoms with van der Waals surface area (Å²) in [5.41, 5.74) is -3.44. The largest absolute Gasteiger partial charge is 0.491 e. The van der Waals surface area contributed by atoms with E-state index in [9.17, 15) is 39.6 Å². The zero-order valence-electron chi connectivity index (χ0n) is 22.8. The maximum Gasteiger partial charge on any atom is 0.416 e. The van der Waals surface area contributed by atoms with Crippen molar-refractivity contribution in [3.8, 4) is 5.75 Å². The van der Waals surface area contributed by atoms with Crippen molar-refractivity contribution in [2.75, 3.05) is 23.3 Å². The molecule has 3 rings (SSSR count). The Balaban J connectivity index is 1.93. The molecule has 0 aliphatic carbocycles. The van der Waals surface area contributed by atoms with Gasteiger partial charge >= 0.3 is 12.4 Å². The van der Waals surface area contributed by atoms with Crippen LogP contribution in [0.3, 0.4) is 0 Å². The van der Waals surface area contributed by atoms with Crippen molar-refractivity contribution in [2.24, 2.45) is 0 Å². The van der Waals surface area contributed by atoms with Gasteiger partial charge in [-0.1, -0.05) is 56.5 Å². The van der Waals surface area contributed by atoms with Crippen LogP contribution in [0.4, 0.5) is 37.7 Å². The summed E-state index contributed by atoms with van der Waals surface area (Å²) in [5.74, 6) is -1.47. The van der Waals surface area contributed by atoms with Crippen molar-refractivity contribution in [2.45, 2.75) is 50.7 Å². The van der Waals surface area contributed by atoms with Crippen LogP contribution in [0.5, 0.6) is 5.75 Å². The Labute approximate surface area is 240 Å². The summed E-state index contributed by atoms with van der Waals surface area (Å²) in [4.78, 5) is 12.8. The van der Waals surface area contributed by atoms with E-state index in [0.717, 1.165) is 23.6 Å². The smallest absolute Gasteiger partial charge is 0.416 e. The third-order valence-corrected chi connectivity index (χ3v) is 8.00. The van der Waals surface area contributed by atoms with Crippen LogP contribution in [0.15, 0.2) is 66.7 Å². The minimum atomic E-state index is -5.12. The van der Waals surface area contributed by atoms with Crippen molar-refractivity contribution < 1.29 is 44.3 Å². The van der Waals surface area contributed by atoms with Crippen LogP contribution in [0, 0.1) is 0 Å². The Morgan fingerprint density at radius 1 is 0.857 bits per heavy atom. The summed E-state index contributed by atoms with van der Waals surface area (Å²) in [5, 5.41) is 2.29. The first-order valence-electron chi connectivity index (χ1n) is 13.0. The van der Waals surface area contributed by atoms with Crippen LogP contribution < -0.4 is 14.4 Å². The van der Waals surface area contributed by atoms with Crippen LogP contribution in [0.1, 0.15) is 59.7 Å². The number of ether oxygens (including phenoxy) is 1. The highest BCUT2D eigenvalue weighted by molar-refractivity contribution is 7.92. The van der Waals surface area contributed by atoms with E-state index in [-0.39, 0.29) is 35.6 Å². The van der Waals surface area contributed by atoms with Gasteiger partial charge in [-0.3, -0.25) is 9.10 Å². The van der Waals surface area contributed by atoms with Gasteiger partial charge in [-0.25, -0.2) is 8.42 Å². The first-order chi connectivity index (χ1) is 19.6. The van der Waals surface area contributed by atoms with E-state index in [1.807, 2.05) is 6.92 Å². The highest BCUT2D eigenvalue weighted by atomic mass is 32.2. The lowest BCUT2D eigenvalue weighted by Gasteiger charge is -2.23. The van der Waals surface area contributed by atoms with E-state index in [2.05, 4.69) is 5.32 Å². The first kappa shape index (κ1) is 32.8. The molecule has 3 aromatic carbocycles. The van der Waals surface area contributed by atoms with Gasteiger partial charge in [0.2, 0.25) is 10.0 Å². The molecule has 0 fully saturated rings. The molecule has 0 aliphatic heterocycles. The van der Waals surface area contributed by atoms with Gasteiger partial charge in [0, 0.05) is 24.4 Å². The van der Waals surface area contributed by atoms with Gasteiger partial charge in [-0.2, -0.15) is 26.3 Å². The Morgan fingerprint density at radius 3 is 2.05 bits per heavy atom. The standard InChI is InChI=1S/C29H30F6N2O4S/c1-3-4-5-9-14-41-26-18-24(12-13-25(26)37(2)42(39,40)19-20-10-7-6-8-11-20)36-27(38)21-15-22(28(30,31)32)17-23(16-21)29(33,34)35/h6-8,10-13,15-18H,3-5,9,14,19H2,1-2H3,(H,36,38). The van der Waals surface area contributed by atoms with Gasteiger partial charge in [-0.05, 0) is 42.3 Å². The minimum Gasteiger partial charge on any atom is -0.491 e. The van der Waals surface area contributed by atoms with Gasteiger partial charge < -0.3 is 10.1 Å². The fourth-order valence-electron chi connectivity index (χ4n) is 4.00. The zero-order chi connectivity index (χ0) is 31.1. The van der Waals surface area contributed by atoms with E-state index >= 15 is 0 Å². The molecule has 0 bridgehead atoms. The van der Waals surface area contributed by atoms with Crippen molar-refractivity contribution in [3.63, 3.8) is 0 Å². The topological polar surface area (TPSA) is 75.7 Å². The summed E-state index contributed by atoms with van der Waals surface area (Å²) in [6.45, 7) is 2.24. The highest BCUT2D eigenvalue weighted by Crippen LogP contribution is 2.37. The SMILES string of the molecule is CCCCCCOc1cc(NC(=O)c2cc(C(F)(F)F)cc(C(F)(F)F)c2)ccc1N(C)S(=O)(=O)Cc1ccccc1. The summed E-state index contributed by atoms with van der Waals surface area (Å²) < 4.78 is 113. The molecule has 1 amide bonds. The molecule has 228 valence electrons. The predicted octanol–water partition coefficient (Wildman–Crippen LogP) is 7.90. The minimum absolute atomic E-state index is 0.0212. The third-order valence-electron chi connectivity index (χ3n) is 6.27. The van der Waals surface area contributed by atoms with Crippen LogP contribution in [0.25, 0.3) is 0 Å². The van der Waals surface area contributed by atoms with Gasteiger partial charge in [-0.15, -0.1) is 0 Å². The summed E-state index contributed by atoms with van der Waals surface area (Å²) in [6, 6.07) is 13.0. The van der Waals surface area contributed by atoms with Crippen LogP contribution in [0.2, 0.25) is 0 Å². The lowest BCUT2D eigenvalue weighted by Crippen LogP contribution is -2.28. The van der Waals surface area contributed by atoms with Crippen molar-refractivity contribution >= 4 is 27.3 Å². The van der Waals surface area contributed by atoms with E-state index in [1.165, 1.54) is 25.2 Å². The monoisotopic (exact) mass is 616 g/mol.